The van der Waals surface area contributed by atoms with Crippen molar-refractivity contribution < 1.29 is 4.79 Å². The zero-order valence-electron chi connectivity index (χ0n) is 17.7. The van der Waals surface area contributed by atoms with Crippen LogP contribution in [-0.4, -0.2) is 10.8 Å². The first-order valence-electron chi connectivity index (χ1n) is 11.4. The van der Waals surface area contributed by atoms with Crippen molar-refractivity contribution in [2.24, 2.45) is 58.0 Å². The third kappa shape index (κ3) is 2.79. The lowest BCUT2D eigenvalue weighted by Crippen LogP contribution is -2.53. The molecule has 0 aromatic carbocycles. The Kier molecular flexibility index (Phi) is 5.14. The predicted molar refractivity (Wildman–Crippen MR) is 115 cm³/mol. The first kappa shape index (κ1) is 20.3. The molecule has 0 aromatic rings. The summed E-state index contributed by atoms with van der Waals surface area (Å²) in [5, 5.41) is 9.77. The zero-order chi connectivity index (χ0) is 20.3. The standard InChI is InChI=1S/C24H36N2OS/c1-14(27)21-17(18(13-25)22(26)28)12-20-16-8-7-15-6-4-5-10-23(15,2)19(16)9-11-24(20,21)3/h15-21H,4-12H2,1-3H3,(H2,26,28)/t15-,16-,17+,18-,19+,20+,21+,23+,24+/m1/s1. The maximum Gasteiger partial charge on any atom is 0.133 e. The number of nitrogens with zero attached hydrogens (tertiary/aromatic N) is 1. The van der Waals surface area contributed by atoms with Gasteiger partial charge in [-0.3, -0.25) is 4.79 Å². The van der Waals surface area contributed by atoms with Gasteiger partial charge in [0.05, 0.1) is 17.0 Å². The van der Waals surface area contributed by atoms with Crippen LogP contribution in [0.4, 0.5) is 0 Å². The Morgan fingerprint density at radius 3 is 2.50 bits per heavy atom. The second kappa shape index (κ2) is 7.08. The van der Waals surface area contributed by atoms with Crippen molar-refractivity contribution >= 4 is 23.0 Å². The summed E-state index contributed by atoms with van der Waals surface area (Å²) >= 11 is 5.25. The average molecular weight is 401 g/mol. The van der Waals surface area contributed by atoms with Gasteiger partial charge in [0.25, 0.3) is 0 Å². The van der Waals surface area contributed by atoms with Crippen LogP contribution in [0, 0.1) is 63.6 Å². The SMILES string of the molecule is CC(=O)[C@H]1[C@H]([C@@H](C#N)C(N)=S)C[C@H]2[C@@H]3CC[C@H]4CCCC[C@]4(C)[C@H]3CC[C@@]21C. The molecule has 4 heteroatoms. The molecule has 4 aliphatic carbocycles. The molecule has 4 rings (SSSR count). The highest BCUT2D eigenvalue weighted by atomic mass is 32.1. The smallest absolute Gasteiger partial charge is 0.133 e. The molecule has 2 N–H and O–H groups in total. The van der Waals surface area contributed by atoms with Crippen LogP contribution >= 0.6 is 12.2 Å². The maximum atomic E-state index is 12.8. The van der Waals surface area contributed by atoms with Gasteiger partial charge in [0.15, 0.2) is 0 Å². The van der Waals surface area contributed by atoms with Gasteiger partial charge in [-0.15, -0.1) is 0 Å². The molecule has 0 spiro atoms. The van der Waals surface area contributed by atoms with Crippen molar-refractivity contribution in [1.29, 1.82) is 5.26 Å². The molecule has 4 saturated carbocycles. The van der Waals surface area contributed by atoms with E-state index < -0.39 is 5.92 Å². The lowest BCUT2D eigenvalue weighted by Gasteiger charge is -2.60. The van der Waals surface area contributed by atoms with E-state index in [4.69, 9.17) is 18.0 Å². The van der Waals surface area contributed by atoms with E-state index in [1.165, 1.54) is 44.9 Å². The van der Waals surface area contributed by atoms with E-state index in [2.05, 4.69) is 19.9 Å². The molecule has 4 fully saturated rings. The van der Waals surface area contributed by atoms with Crippen LogP contribution in [0.1, 0.15) is 78.6 Å². The summed E-state index contributed by atoms with van der Waals surface area (Å²) in [6.45, 7) is 6.66. The predicted octanol–water partition coefficient (Wildman–Crippen LogP) is 5.28. The summed E-state index contributed by atoms with van der Waals surface area (Å²) in [4.78, 5) is 13.1. The monoisotopic (exact) mass is 400 g/mol. The Labute approximate surface area is 175 Å². The molecule has 28 heavy (non-hydrogen) atoms. The third-order valence-corrected chi connectivity index (χ3v) is 10.3. The van der Waals surface area contributed by atoms with E-state index in [9.17, 15) is 10.1 Å². The lowest BCUT2D eigenvalue weighted by atomic mass is 9.45. The highest BCUT2D eigenvalue weighted by Crippen LogP contribution is 2.69. The number of rotatable bonds is 3. The first-order valence-corrected chi connectivity index (χ1v) is 11.8. The summed E-state index contributed by atoms with van der Waals surface area (Å²) in [6.07, 6.45) is 11.6. The number of thiocarbonyl (C=S) groups is 1. The van der Waals surface area contributed by atoms with Crippen molar-refractivity contribution in [2.45, 2.75) is 78.6 Å². The van der Waals surface area contributed by atoms with Gasteiger partial charge in [-0.25, -0.2) is 0 Å². The van der Waals surface area contributed by atoms with Crippen molar-refractivity contribution in [3.05, 3.63) is 0 Å². The number of fused-ring (bicyclic) bond motifs is 5. The zero-order valence-corrected chi connectivity index (χ0v) is 18.6. The molecular weight excluding hydrogens is 364 g/mol. The number of nitrogens with two attached hydrogens (primary N) is 1. The molecule has 0 amide bonds. The summed E-state index contributed by atoms with van der Waals surface area (Å²) < 4.78 is 0. The fourth-order valence-electron chi connectivity index (χ4n) is 8.86. The third-order valence-electron chi connectivity index (χ3n) is 10.00. The van der Waals surface area contributed by atoms with E-state index in [-0.39, 0.29) is 28.0 Å². The average Bonchev–Trinajstić information content (AvgIpc) is 2.94. The minimum absolute atomic E-state index is 0.00522. The Balaban J connectivity index is 1.69. The van der Waals surface area contributed by atoms with Gasteiger partial charge in [0, 0.05) is 5.92 Å². The van der Waals surface area contributed by atoms with E-state index in [1.807, 2.05) is 0 Å². The van der Waals surface area contributed by atoms with Gasteiger partial charge < -0.3 is 5.73 Å². The van der Waals surface area contributed by atoms with Crippen molar-refractivity contribution in [3.8, 4) is 6.07 Å². The second-order valence-corrected chi connectivity index (χ2v) is 11.4. The summed E-state index contributed by atoms with van der Waals surface area (Å²) in [5.74, 6) is 2.64. The van der Waals surface area contributed by atoms with Crippen molar-refractivity contribution in [1.82, 2.24) is 0 Å². The van der Waals surface area contributed by atoms with Crippen molar-refractivity contribution in [2.75, 3.05) is 0 Å². The Bertz CT molecular complexity index is 714. The Morgan fingerprint density at radius 2 is 1.86 bits per heavy atom. The first-order chi connectivity index (χ1) is 13.2. The molecule has 0 heterocycles. The summed E-state index contributed by atoms with van der Waals surface area (Å²) in [5.41, 5.74) is 6.46. The van der Waals surface area contributed by atoms with Crippen LogP contribution < -0.4 is 5.73 Å². The minimum Gasteiger partial charge on any atom is -0.392 e. The fraction of sp³-hybridized carbons (Fsp3) is 0.875. The molecule has 4 aliphatic rings. The maximum absolute atomic E-state index is 12.8. The topological polar surface area (TPSA) is 66.9 Å². The van der Waals surface area contributed by atoms with Crippen molar-refractivity contribution in [3.63, 3.8) is 0 Å². The summed E-state index contributed by atoms with van der Waals surface area (Å²) in [6, 6.07) is 2.36. The Hall–Kier alpha value is -0.950. The molecular formula is C24H36N2OS. The number of nitriles is 1. The van der Waals surface area contributed by atoms with Gasteiger partial charge in [-0.05, 0) is 92.3 Å². The number of hydrogen-bond acceptors (Lipinski definition) is 3. The molecule has 0 aromatic heterocycles. The van der Waals surface area contributed by atoms with E-state index in [0.717, 1.165) is 24.7 Å². The number of carbonyl (C=O) groups excluding carboxylic acids is 1. The molecule has 0 radical (unpaired) electrons. The van der Waals surface area contributed by atoms with Crippen LogP contribution in [0.25, 0.3) is 0 Å². The van der Waals surface area contributed by atoms with Crippen LogP contribution in [-0.2, 0) is 4.79 Å². The highest BCUT2D eigenvalue weighted by molar-refractivity contribution is 7.80. The number of hydrogen-bond donors (Lipinski definition) is 1. The van der Waals surface area contributed by atoms with E-state index in [1.54, 1.807) is 6.92 Å². The molecule has 0 saturated heterocycles. The molecule has 154 valence electrons. The normalized spacial score (nSPS) is 48.5. The fourth-order valence-corrected chi connectivity index (χ4v) is 9.08. The van der Waals surface area contributed by atoms with Crippen LogP contribution in [0.2, 0.25) is 0 Å². The quantitative estimate of drug-likeness (QED) is 0.655. The highest BCUT2D eigenvalue weighted by Gasteiger charge is 2.63. The van der Waals surface area contributed by atoms with E-state index >= 15 is 0 Å². The van der Waals surface area contributed by atoms with Gasteiger partial charge in [-0.1, -0.05) is 38.9 Å². The van der Waals surface area contributed by atoms with Gasteiger partial charge >= 0.3 is 0 Å². The molecule has 9 atom stereocenters. The van der Waals surface area contributed by atoms with Gasteiger partial charge in [0.1, 0.15) is 5.78 Å². The lowest BCUT2D eigenvalue weighted by molar-refractivity contribution is -0.134. The molecule has 0 unspecified atom stereocenters. The largest absolute Gasteiger partial charge is 0.392 e. The number of carbonyl (C=O) groups is 1. The van der Waals surface area contributed by atoms with E-state index in [0.29, 0.717) is 17.3 Å². The van der Waals surface area contributed by atoms with Crippen LogP contribution in [0.5, 0.6) is 0 Å². The number of ketones is 1. The van der Waals surface area contributed by atoms with Gasteiger partial charge in [0.2, 0.25) is 0 Å². The summed E-state index contributed by atoms with van der Waals surface area (Å²) in [7, 11) is 0. The minimum atomic E-state index is -0.466. The molecule has 3 nitrogen and oxygen atoms in total. The van der Waals surface area contributed by atoms with Crippen LogP contribution in [0.3, 0.4) is 0 Å². The number of Topliss-reactive ketones (excluding diaryl/α,β-unsaturated/α-hetero) is 1. The van der Waals surface area contributed by atoms with Crippen LogP contribution in [0.15, 0.2) is 0 Å². The Morgan fingerprint density at radius 1 is 1.11 bits per heavy atom. The molecule has 0 aliphatic heterocycles. The second-order valence-electron chi connectivity index (χ2n) is 10.9. The van der Waals surface area contributed by atoms with Gasteiger partial charge in [-0.2, -0.15) is 5.26 Å². The molecule has 0 bridgehead atoms.